The highest BCUT2D eigenvalue weighted by molar-refractivity contribution is 6.31. The Morgan fingerprint density at radius 2 is 2.07 bits per heavy atom. The molecule has 0 aliphatic carbocycles. The molecule has 28 heavy (non-hydrogen) atoms. The molecule has 1 amide bonds. The largest absolute Gasteiger partial charge is 0.497 e. The van der Waals surface area contributed by atoms with Crippen LogP contribution in [0.25, 0.3) is 11.4 Å². The highest BCUT2D eigenvalue weighted by atomic mass is 35.5. The molecule has 8 heteroatoms. The summed E-state index contributed by atoms with van der Waals surface area (Å²) in [5.41, 5.74) is 1.45. The third kappa shape index (κ3) is 3.57. The number of hydrogen-bond donors (Lipinski definition) is 0. The molecule has 0 bridgehead atoms. The molecule has 4 rings (SSSR count). The van der Waals surface area contributed by atoms with Gasteiger partial charge in [0.15, 0.2) is 0 Å². The number of likely N-dealkylation sites (tertiary alicyclic amines) is 1. The van der Waals surface area contributed by atoms with Gasteiger partial charge in [0, 0.05) is 23.6 Å². The van der Waals surface area contributed by atoms with Gasteiger partial charge in [0.05, 0.1) is 7.11 Å². The van der Waals surface area contributed by atoms with Crippen LogP contribution in [0.2, 0.25) is 5.02 Å². The second-order valence-corrected chi connectivity index (χ2v) is 6.90. The molecular weight excluding hydrogens is 385 g/mol. The van der Waals surface area contributed by atoms with Crippen molar-refractivity contribution in [2.75, 3.05) is 7.11 Å². The first-order valence-electron chi connectivity index (χ1n) is 8.76. The molecule has 1 atom stereocenters. The molecule has 1 aliphatic rings. The monoisotopic (exact) mass is 401 g/mol. The molecule has 1 unspecified atom stereocenters. The second-order valence-electron chi connectivity index (χ2n) is 6.50. The van der Waals surface area contributed by atoms with Crippen LogP contribution in [0, 0.1) is 5.82 Å². The van der Waals surface area contributed by atoms with Gasteiger partial charge in [-0.1, -0.05) is 22.8 Å². The number of benzene rings is 2. The maximum absolute atomic E-state index is 13.3. The fourth-order valence-electron chi connectivity index (χ4n) is 3.25. The van der Waals surface area contributed by atoms with E-state index in [9.17, 15) is 9.18 Å². The average Bonchev–Trinajstić information content (AvgIpc) is 3.31. The number of hydrogen-bond acceptors (Lipinski definition) is 5. The van der Waals surface area contributed by atoms with E-state index in [4.69, 9.17) is 20.9 Å². The van der Waals surface area contributed by atoms with Gasteiger partial charge in [-0.3, -0.25) is 4.79 Å². The first kappa shape index (κ1) is 18.4. The summed E-state index contributed by atoms with van der Waals surface area (Å²) in [5, 5.41) is 4.32. The van der Waals surface area contributed by atoms with Gasteiger partial charge in [-0.05, 0) is 48.4 Å². The molecule has 0 spiro atoms. The molecule has 2 aromatic carbocycles. The zero-order chi connectivity index (χ0) is 19.7. The molecular formula is C20H17ClFN3O3. The number of aromatic nitrogens is 2. The van der Waals surface area contributed by atoms with E-state index in [-0.39, 0.29) is 23.5 Å². The zero-order valence-corrected chi connectivity index (χ0v) is 15.8. The number of halogens is 2. The summed E-state index contributed by atoms with van der Waals surface area (Å²) in [7, 11) is 1.60. The zero-order valence-electron chi connectivity index (χ0n) is 15.1. The molecule has 1 aliphatic heterocycles. The van der Waals surface area contributed by atoms with Crippen molar-refractivity contribution in [1.29, 1.82) is 0 Å². The van der Waals surface area contributed by atoms with Crippen LogP contribution >= 0.6 is 11.6 Å². The van der Waals surface area contributed by atoms with E-state index < -0.39 is 5.82 Å². The van der Waals surface area contributed by atoms with E-state index >= 15 is 0 Å². The molecule has 0 N–H and O–H groups in total. The maximum Gasteiger partial charge on any atom is 0.249 e. The molecule has 1 fully saturated rings. The highest BCUT2D eigenvalue weighted by Gasteiger charge is 2.36. The fourth-order valence-corrected chi connectivity index (χ4v) is 3.48. The van der Waals surface area contributed by atoms with Crippen molar-refractivity contribution in [2.24, 2.45) is 0 Å². The van der Waals surface area contributed by atoms with Gasteiger partial charge in [0.2, 0.25) is 17.6 Å². The van der Waals surface area contributed by atoms with Crippen LogP contribution < -0.4 is 4.74 Å². The summed E-state index contributed by atoms with van der Waals surface area (Å²) in [5.74, 6) is 1.09. The molecule has 6 nitrogen and oxygen atoms in total. The lowest BCUT2D eigenvalue weighted by molar-refractivity contribution is -0.129. The van der Waals surface area contributed by atoms with Crippen LogP contribution in [0.4, 0.5) is 4.39 Å². The molecule has 0 radical (unpaired) electrons. The third-order valence-corrected chi connectivity index (χ3v) is 5.11. The van der Waals surface area contributed by atoms with Crippen LogP contribution in [0.15, 0.2) is 47.0 Å². The average molecular weight is 402 g/mol. The van der Waals surface area contributed by atoms with E-state index in [1.165, 1.54) is 12.1 Å². The summed E-state index contributed by atoms with van der Waals surface area (Å²) in [6.45, 7) is 0.253. The summed E-state index contributed by atoms with van der Waals surface area (Å²) in [6.07, 6.45) is 0.950. The van der Waals surface area contributed by atoms with Crippen LogP contribution in [-0.4, -0.2) is 28.1 Å². The van der Waals surface area contributed by atoms with Gasteiger partial charge in [0.25, 0.3) is 0 Å². The lowest BCUT2D eigenvalue weighted by atomic mass is 10.1. The molecule has 144 valence electrons. The quantitative estimate of drug-likeness (QED) is 0.633. The van der Waals surface area contributed by atoms with Gasteiger partial charge in [-0.15, -0.1) is 0 Å². The van der Waals surface area contributed by atoms with Crippen molar-refractivity contribution in [3.05, 3.63) is 64.8 Å². The van der Waals surface area contributed by atoms with E-state index in [2.05, 4.69) is 10.1 Å². The molecule has 0 saturated carbocycles. The number of amides is 1. The standard InChI is InChI=1S/C20H17ClFN3O3/c1-27-15-6-3-12(4-7-15)19-23-20(28-24-19)17-8-9-18(26)25(17)11-13-2-5-14(22)10-16(13)21/h2-7,10,17H,8-9,11H2,1H3. The molecule has 1 aromatic heterocycles. The number of rotatable bonds is 5. The number of carbonyl (C=O) groups is 1. The SMILES string of the molecule is COc1ccc(-c2noc(C3CCC(=O)N3Cc3ccc(F)cc3Cl)n2)cc1. The minimum Gasteiger partial charge on any atom is -0.497 e. The van der Waals surface area contributed by atoms with Crippen molar-refractivity contribution in [1.82, 2.24) is 15.0 Å². The van der Waals surface area contributed by atoms with Gasteiger partial charge in [-0.25, -0.2) is 4.39 Å². The number of ether oxygens (including phenoxy) is 1. The first-order chi connectivity index (χ1) is 13.5. The van der Waals surface area contributed by atoms with E-state index in [1.807, 2.05) is 24.3 Å². The minimum absolute atomic E-state index is 0.0328. The van der Waals surface area contributed by atoms with Crippen molar-refractivity contribution in [3.8, 4) is 17.1 Å². The van der Waals surface area contributed by atoms with Crippen LogP contribution in [0.1, 0.15) is 30.3 Å². The molecule has 3 aromatic rings. The number of nitrogens with zero attached hydrogens (tertiary/aromatic N) is 3. The predicted molar refractivity (Wildman–Crippen MR) is 100 cm³/mol. The summed E-state index contributed by atoms with van der Waals surface area (Å²) in [4.78, 5) is 18.5. The number of methoxy groups -OCH3 is 1. The Morgan fingerprint density at radius 3 is 2.79 bits per heavy atom. The third-order valence-electron chi connectivity index (χ3n) is 4.76. The first-order valence-corrected chi connectivity index (χ1v) is 9.14. The topological polar surface area (TPSA) is 68.5 Å². The van der Waals surface area contributed by atoms with Crippen molar-refractivity contribution >= 4 is 17.5 Å². The Balaban J connectivity index is 1.57. The summed E-state index contributed by atoms with van der Waals surface area (Å²) >= 11 is 6.12. The summed E-state index contributed by atoms with van der Waals surface area (Å²) < 4.78 is 23.9. The molecule has 1 saturated heterocycles. The highest BCUT2D eigenvalue weighted by Crippen LogP contribution is 2.35. The second kappa shape index (κ2) is 7.59. The lowest BCUT2D eigenvalue weighted by Gasteiger charge is -2.22. The normalized spacial score (nSPS) is 16.6. The Kier molecular flexibility index (Phi) is 5.00. The van der Waals surface area contributed by atoms with Crippen molar-refractivity contribution in [2.45, 2.75) is 25.4 Å². The van der Waals surface area contributed by atoms with Crippen LogP contribution in [0.3, 0.4) is 0 Å². The Morgan fingerprint density at radius 1 is 1.29 bits per heavy atom. The van der Waals surface area contributed by atoms with E-state index in [1.54, 1.807) is 18.1 Å². The van der Waals surface area contributed by atoms with Gasteiger partial charge < -0.3 is 14.2 Å². The van der Waals surface area contributed by atoms with Crippen molar-refractivity contribution < 1.29 is 18.4 Å². The molecule has 2 heterocycles. The minimum atomic E-state index is -0.418. The van der Waals surface area contributed by atoms with E-state index in [0.29, 0.717) is 30.1 Å². The van der Waals surface area contributed by atoms with E-state index in [0.717, 1.165) is 11.3 Å². The maximum atomic E-state index is 13.3. The van der Waals surface area contributed by atoms with Crippen LogP contribution in [0.5, 0.6) is 5.75 Å². The Bertz CT molecular complexity index is 1010. The van der Waals surface area contributed by atoms with Crippen molar-refractivity contribution in [3.63, 3.8) is 0 Å². The lowest BCUT2D eigenvalue weighted by Crippen LogP contribution is -2.27. The Labute approximate surface area is 165 Å². The van der Waals surface area contributed by atoms with Gasteiger partial charge >= 0.3 is 0 Å². The van der Waals surface area contributed by atoms with Gasteiger partial charge in [0.1, 0.15) is 17.6 Å². The Hall–Kier alpha value is -2.93. The summed E-state index contributed by atoms with van der Waals surface area (Å²) in [6, 6.07) is 11.1. The fraction of sp³-hybridized carbons (Fsp3) is 0.250. The van der Waals surface area contributed by atoms with Crippen LogP contribution in [-0.2, 0) is 11.3 Å². The smallest absolute Gasteiger partial charge is 0.249 e. The van der Waals surface area contributed by atoms with Gasteiger partial charge in [-0.2, -0.15) is 4.98 Å². The predicted octanol–water partition coefficient (Wildman–Crippen LogP) is 4.40. The number of carbonyl (C=O) groups excluding carboxylic acids is 1.